The van der Waals surface area contributed by atoms with Crippen molar-refractivity contribution in [1.82, 2.24) is 10.0 Å². The lowest BCUT2D eigenvalue weighted by Crippen LogP contribution is -2.47. The lowest BCUT2D eigenvalue weighted by Gasteiger charge is -2.18. The van der Waals surface area contributed by atoms with Crippen molar-refractivity contribution in [2.75, 3.05) is 18.6 Å². The number of fused-ring (bicyclic) bond motifs is 1. The molecule has 0 heterocycles. The van der Waals surface area contributed by atoms with Gasteiger partial charge in [-0.05, 0) is 53.3 Å². The molecule has 0 aliphatic rings. The molecular formula is C23H26N2O3S2. The average molecular weight is 443 g/mol. The Bertz CT molecular complexity index is 1090. The first kappa shape index (κ1) is 22.3. The molecule has 2 N–H and O–H groups in total. The summed E-state index contributed by atoms with van der Waals surface area (Å²) in [6.45, 7) is 0.444. The normalized spacial score (nSPS) is 12.6. The summed E-state index contributed by atoms with van der Waals surface area (Å²) in [5, 5.41) is 5.23. The monoisotopic (exact) mass is 442 g/mol. The zero-order chi connectivity index (χ0) is 21.4. The molecule has 5 nitrogen and oxygen atoms in total. The summed E-state index contributed by atoms with van der Waals surface area (Å²) in [5.41, 5.74) is 1.12. The second-order valence-corrected chi connectivity index (χ2v) is 9.69. The number of rotatable bonds is 10. The lowest BCUT2D eigenvalue weighted by atomic mass is 10.1. The van der Waals surface area contributed by atoms with E-state index < -0.39 is 16.1 Å². The fourth-order valence-electron chi connectivity index (χ4n) is 3.18. The third-order valence-corrected chi connectivity index (χ3v) is 6.94. The van der Waals surface area contributed by atoms with Crippen LogP contribution in [0, 0.1) is 0 Å². The second-order valence-electron chi connectivity index (χ2n) is 6.99. The molecule has 3 aromatic rings. The number of thioether (sulfide) groups is 1. The molecule has 30 heavy (non-hydrogen) atoms. The highest BCUT2D eigenvalue weighted by Crippen LogP contribution is 2.16. The first-order valence-corrected chi connectivity index (χ1v) is 12.7. The number of carbonyl (C=O) groups is 1. The Hall–Kier alpha value is -2.35. The van der Waals surface area contributed by atoms with Gasteiger partial charge in [-0.15, -0.1) is 0 Å². The van der Waals surface area contributed by atoms with Gasteiger partial charge in [0, 0.05) is 6.54 Å². The van der Waals surface area contributed by atoms with Crippen molar-refractivity contribution in [2.24, 2.45) is 0 Å². The summed E-state index contributed by atoms with van der Waals surface area (Å²) in [5.74, 6) is 0.379. The molecule has 0 saturated heterocycles. The molecule has 0 spiro atoms. The number of benzene rings is 3. The van der Waals surface area contributed by atoms with Gasteiger partial charge in [-0.25, -0.2) is 8.42 Å². The Morgan fingerprint density at radius 1 is 0.967 bits per heavy atom. The number of hydrogen-bond donors (Lipinski definition) is 2. The average Bonchev–Trinajstić information content (AvgIpc) is 2.77. The van der Waals surface area contributed by atoms with Crippen molar-refractivity contribution in [3.05, 3.63) is 78.4 Å². The molecule has 0 radical (unpaired) electrons. The van der Waals surface area contributed by atoms with Crippen LogP contribution in [0.25, 0.3) is 10.8 Å². The predicted molar refractivity (Wildman–Crippen MR) is 124 cm³/mol. The highest BCUT2D eigenvalue weighted by Gasteiger charge is 2.25. The van der Waals surface area contributed by atoms with Gasteiger partial charge in [0.25, 0.3) is 0 Å². The molecule has 1 unspecified atom stereocenters. The van der Waals surface area contributed by atoms with Crippen molar-refractivity contribution in [1.29, 1.82) is 0 Å². The Morgan fingerprint density at radius 3 is 2.40 bits per heavy atom. The maximum Gasteiger partial charge on any atom is 0.241 e. The number of carbonyl (C=O) groups excluding carboxylic acids is 1. The Balaban J connectivity index is 1.61. The van der Waals surface area contributed by atoms with Crippen molar-refractivity contribution >= 4 is 38.5 Å². The molecule has 0 aliphatic heterocycles. The van der Waals surface area contributed by atoms with Crippen LogP contribution in [0.4, 0.5) is 0 Å². The van der Waals surface area contributed by atoms with Crippen LogP contribution in [0.3, 0.4) is 0 Å². The predicted octanol–water partition coefficient (Wildman–Crippen LogP) is 3.60. The van der Waals surface area contributed by atoms with Gasteiger partial charge in [-0.3, -0.25) is 4.79 Å². The van der Waals surface area contributed by atoms with Gasteiger partial charge in [-0.1, -0.05) is 60.7 Å². The van der Waals surface area contributed by atoms with Crippen LogP contribution < -0.4 is 10.0 Å². The lowest BCUT2D eigenvalue weighted by molar-refractivity contribution is -0.122. The van der Waals surface area contributed by atoms with E-state index in [1.807, 2.05) is 18.4 Å². The summed E-state index contributed by atoms with van der Waals surface area (Å²) in [6, 6.07) is 21.7. The zero-order valence-electron chi connectivity index (χ0n) is 16.9. The van der Waals surface area contributed by atoms with E-state index in [1.165, 1.54) is 17.5 Å². The third kappa shape index (κ3) is 6.08. The fourth-order valence-corrected chi connectivity index (χ4v) is 4.90. The Morgan fingerprint density at radius 2 is 1.67 bits per heavy atom. The molecule has 0 aromatic heterocycles. The van der Waals surface area contributed by atoms with Crippen LogP contribution in [0.1, 0.15) is 12.0 Å². The van der Waals surface area contributed by atoms with Crippen LogP contribution in [-0.4, -0.2) is 38.9 Å². The molecule has 0 bridgehead atoms. The van der Waals surface area contributed by atoms with Crippen molar-refractivity contribution in [3.8, 4) is 0 Å². The van der Waals surface area contributed by atoms with Crippen molar-refractivity contribution in [2.45, 2.75) is 23.8 Å². The number of amides is 1. The van der Waals surface area contributed by atoms with Gasteiger partial charge in [0.05, 0.1) is 4.90 Å². The highest BCUT2D eigenvalue weighted by molar-refractivity contribution is 7.98. The molecule has 3 rings (SSSR count). The molecule has 3 aromatic carbocycles. The van der Waals surface area contributed by atoms with E-state index in [0.29, 0.717) is 25.1 Å². The summed E-state index contributed by atoms with van der Waals surface area (Å²) in [7, 11) is -3.76. The van der Waals surface area contributed by atoms with Crippen LogP contribution in [0.15, 0.2) is 77.7 Å². The van der Waals surface area contributed by atoms with E-state index >= 15 is 0 Å². The fraction of sp³-hybridized carbons (Fsp3) is 0.261. The molecule has 1 atom stereocenters. The molecule has 7 heteroatoms. The van der Waals surface area contributed by atoms with Gasteiger partial charge in [-0.2, -0.15) is 16.5 Å². The van der Waals surface area contributed by atoms with Crippen LogP contribution in [0.2, 0.25) is 0 Å². The van der Waals surface area contributed by atoms with Gasteiger partial charge in [0.15, 0.2) is 0 Å². The van der Waals surface area contributed by atoms with Crippen LogP contribution in [-0.2, 0) is 21.2 Å². The van der Waals surface area contributed by atoms with E-state index in [1.54, 1.807) is 30.0 Å². The van der Waals surface area contributed by atoms with Crippen molar-refractivity contribution < 1.29 is 13.2 Å². The van der Waals surface area contributed by atoms with Gasteiger partial charge >= 0.3 is 0 Å². The number of sulfonamides is 1. The van der Waals surface area contributed by atoms with E-state index in [2.05, 4.69) is 40.4 Å². The molecule has 1 amide bonds. The molecule has 0 aliphatic carbocycles. The van der Waals surface area contributed by atoms with E-state index in [0.717, 1.165) is 10.9 Å². The molecule has 0 saturated carbocycles. The number of hydrogen-bond acceptors (Lipinski definition) is 4. The molecular weight excluding hydrogens is 416 g/mol. The summed E-state index contributed by atoms with van der Waals surface area (Å²) < 4.78 is 27.8. The minimum Gasteiger partial charge on any atom is -0.354 e. The maximum atomic E-state index is 12.7. The van der Waals surface area contributed by atoms with E-state index in [4.69, 9.17) is 0 Å². The summed E-state index contributed by atoms with van der Waals surface area (Å²) in [4.78, 5) is 12.9. The van der Waals surface area contributed by atoms with Crippen LogP contribution in [0.5, 0.6) is 0 Å². The Labute approximate surface area is 182 Å². The van der Waals surface area contributed by atoms with E-state index in [-0.39, 0.29) is 10.8 Å². The SMILES string of the molecule is CSCCC(NS(=O)(=O)c1ccccc1)C(=O)NCCc1ccc2ccccc2c1. The largest absolute Gasteiger partial charge is 0.354 e. The summed E-state index contributed by atoms with van der Waals surface area (Å²) >= 11 is 1.58. The van der Waals surface area contributed by atoms with Crippen LogP contribution >= 0.6 is 11.8 Å². The van der Waals surface area contributed by atoms with Gasteiger partial charge in [0.1, 0.15) is 6.04 Å². The van der Waals surface area contributed by atoms with Gasteiger partial charge in [0.2, 0.25) is 15.9 Å². The molecule has 158 valence electrons. The van der Waals surface area contributed by atoms with Gasteiger partial charge < -0.3 is 5.32 Å². The zero-order valence-corrected chi connectivity index (χ0v) is 18.5. The van der Waals surface area contributed by atoms with E-state index in [9.17, 15) is 13.2 Å². The Kier molecular flexibility index (Phi) is 7.90. The number of nitrogens with one attached hydrogen (secondary N) is 2. The maximum absolute atomic E-state index is 12.7. The molecule has 0 fully saturated rings. The first-order valence-electron chi connectivity index (χ1n) is 9.81. The highest BCUT2D eigenvalue weighted by atomic mass is 32.2. The minimum atomic E-state index is -3.76. The van der Waals surface area contributed by atoms with Crippen molar-refractivity contribution in [3.63, 3.8) is 0 Å². The quantitative estimate of drug-likeness (QED) is 0.503. The smallest absolute Gasteiger partial charge is 0.241 e. The first-order chi connectivity index (χ1) is 14.5. The summed E-state index contributed by atoms with van der Waals surface area (Å²) in [6.07, 6.45) is 3.03. The standard InChI is InChI=1S/C23H26N2O3S2/c1-29-16-14-22(25-30(27,28)21-9-3-2-4-10-21)23(26)24-15-13-18-11-12-19-7-5-6-8-20(19)17-18/h2-12,17,22,25H,13-16H2,1H3,(H,24,26). The third-order valence-electron chi connectivity index (χ3n) is 4.80. The topological polar surface area (TPSA) is 75.3 Å². The second kappa shape index (κ2) is 10.6. The minimum absolute atomic E-state index is 0.156.